The first-order chi connectivity index (χ1) is 14.5. The van der Waals surface area contributed by atoms with Crippen molar-refractivity contribution >= 4 is 50.9 Å². The van der Waals surface area contributed by atoms with Gasteiger partial charge in [0.05, 0.1) is 0 Å². The molecular weight excluding hydrogens is 487 g/mol. The number of benzene rings is 2. The summed E-state index contributed by atoms with van der Waals surface area (Å²) in [6, 6.07) is 14.1. The zero-order valence-corrected chi connectivity index (χ0v) is 19.7. The standard InChI is InChI=1S/C23H25BrCl2N2O2/c24-18-9-6-8-16(13-18)22(23(30)27-19-10-2-1-3-11-19)28(21(29)14-25)15-17-7-4-5-12-20(17)26/h4-9,12-13,19,22H,1-3,10-11,14-15H2,(H,27,30)/t22-/m0/s1. The molecule has 1 aliphatic rings. The number of amides is 2. The van der Waals surface area contributed by atoms with Crippen molar-refractivity contribution in [3.63, 3.8) is 0 Å². The van der Waals surface area contributed by atoms with Crippen LogP contribution in [0.3, 0.4) is 0 Å². The van der Waals surface area contributed by atoms with Crippen molar-refractivity contribution in [2.24, 2.45) is 0 Å². The van der Waals surface area contributed by atoms with E-state index >= 15 is 0 Å². The Morgan fingerprint density at radius 2 is 1.83 bits per heavy atom. The number of nitrogens with one attached hydrogen (secondary N) is 1. The number of carbonyl (C=O) groups excluding carboxylic acids is 2. The molecule has 3 rings (SSSR count). The molecule has 0 heterocycles. The number of carbonyl (C=O) groups is 2. The highest BCUT2D eigenvalue weighted by atomic mass is 79.9. The van der Waals surface area contributed by atoms with Crippen molar-refractivity contribution in [3.8, 4) is 0 Å². The zero-order valence-electron chi connectivity index (χ0n) is 16.6. The number of hydrogen-bond donors (Lipinski definition) is 1. The van der Waals surface area contributed by atoms with E-state index in [-0.39, 0.29) is 30.3 Å². The fourth-order valence-corrected chi connectivity index (χ4v) is 4.65. The quantitative estimate of drug-likeness (QED) is 0.473. The van der Waals surface area contributed by atoms with E-state index < -0.39 is 6.04 Å². The molecule has 0 radical (unpaired) electrons. The fourth-order valence-electron chi connectivity index (χ4n) is 3.89. The van der Waals surface area contributed by atoms with Crippen molar-refractivity contribution < 1.29 is 9.59 Å². The van der Waals surface area contributed by atoms with Gasteiger partial charge in [0.2, 0.25) is 11.8 Å². The molecule has 0 saturated heterocycles. The molecule has 4 nitrogen and oxygen atoms in total. The average molecular weight is 512 g/mol. The molecule has 1 N–H and O–H groups in total. The SMILES string of the molecule is O=C(NC1CCCCC1)[C@H](c1cccc(Br)c1)N(Cc1ccccc1Cl)C(=O)CCl. The van der Waals surface area contributed by atoms with Crippen LogP contribution in [0.15, 0.2) is 53.0 Å². The van der Waals surface area contributed by atoms with E-state index in [4.69, 9.17) is 23.2 Å². The van der Waals surface area contributed by atoms with Crippen LogP contribution < -0.4 is 5.32 Å². The predicted octanol–water partition coefficient (Wildman–Crippen LogP) is 5.86. The maximum Gasteiger partial charge on any atom is 0.247 e. The summed E-state index contributed by atoms with van der Waals surface area (Å²) in [5.74, 6) is -0.725. The highest BCUT2D eigenvalue weighted by Gasteiger charge is 2.33. The van der Waals surface area contributed by atoms with Gasteiger partial charge in [-0.3, -0.25) is 9.59 Å². The molecule has 1 atom stereocenters. The molecule has 0 unspecified atom stereocenters. The van der Waals surface area contributed by atoms with Gasteiger partial charge in [0, 0.05) is 22.1 Å². The topological polar surface area (TPSA) is 49.4 Å². The van der Waals surface area contributed by atoms with E-state index in [1.807, 2.05) is 42.5 Å². The summed E-state index contributed by atoms with van der Waals surface area (Å²) in [6.45, 7) is 0.195. The van der Waals surface area contributed by atoms with E-state index in [0.717, 1.165) is 41.3 Å². The summed E-state index contributed by atoms with van der Waals surface area (Å²) >= 11 is 15.8. The summed E-state index contributed by atoms with van der Waals surface area (Å²) < 4.78 is 0.839. The molecule has 30 heavy (non-hydrogen) atoms. The number of nitrogens with zero attached hydrogens (tertiary/aromatic N) is 1. The van der Waals surface area contributed by atoms with Crippen LogP contribution in [-0.4, -0.2) is 28.6 Å². The first-order valence-corrected chi connectivity index (χ1v) is 11.8. The van der Waals surface area contributed by atoms with Gasteiger partial charge in [0.25, 0.3) is 0 Å². The van der Waals surface area contributed by atoms with E-state index in [2.05, 4.69) is 21.2 Å². The van der Waals surface area contributed by atoms with Gasteiger partial charge in [-0.25, -0.2) is 0 Å². The second-order valence-electron chi connectivity index (χ2n) is 7.55. The highest BCUT2D eigenvalue weighted by molar-refractivity contribution is 9.10. The summed E-state index contributed by atoms with van der Waals surface area (Å²) in [5.41, 5.74) is 1.49. The zero-order chi connectivity index (χ0) is 21.5. The molecule has 1 aliphatic carbocycles. The molecular formula is C23H25BrCl2N2O2. The molecule has 0 bridgehead atoms. The molecule has 0 spiro atoms. The van der Waals surface area contributed by atoms with Gasteiger partial charge in [-0.2, -0.15) is 0 Å². The normalized spacial score (nSPS) is 15.4. The smallest absolute Gasteiger partial charge is 0.247 e. The lowest BCUT2D eigenvalue weighted by atomic mass is 9.94. The lowest BCUT2D eigenvalue weighted by Gasteiger charge is -2.33. The van der Waals surface area contributed by atoms with E-state index in [1.54, 1.807) is 6.07 Å². The molecule has 1 fully saturated rings. The molecule has 2 aromatic rings. The molecule has 0 aromatic heterocycles. The Kier molecular flexibility index (Phi) is 8.61. The van der Waals surface area contributed by atoms with Crippen LogP contribution >= 0.6 is 39.1 Å². The minimum Gasteiger partial charge on any atom is -0.351 e. The van der Waals surface area contributed by atoms with Crippen LogP contribution in [0.5, 0.6) is 0 Å². The van der Waals surface area contributed by atoms with Crippen molar-refractivity contribution in [1.82, 2.24) is 10.2 Å². The molecule has 1 saturated carbocycles. The van der Waals surface area contributed by atoms with Crippen LogP contribution in [0, 0.1) is 0 Å². The number of halogens is 3. The number of alkyl halides is 1. The van der Waals surface area contributed by atoms with Crippen molar-refractivity contribution in [2.45, 2.75) is 50.7 Å². The second kappa shape index (κ2) is 11.2. The molecule has 2 amide bonds. The minimum atomic E-state index is -0.799. The third-order valence-electron chi connectivity index (χ3n) is 5.41. The largest absolute Gasteiger partial charge is 0.351 e. The Labute approximate surface area is 196 Å². The van der Waals surface area contributed by atoms with E-state index in [0.29, 0.717) is 5.02 Å². The lowest BCUT2D eigenvalue weighted by molar-refractivity contribution is -0.140. The van der Waals surface area contributed by atoms with Crippen LogP contribution in [-0.2, 0) is 16.1 Å². The molecule has 7 heteroatoms. The van der Waals surface area contributed by atoms with Gasteiger partial charge in [0.15, 0.2) is 0 Å². The fraction of sp³-hybridized carbons (Fsp3) is 0.391. The molecule has 160 valence electrons. The van der Waals surface area contributed by atoms with Crippen molar-refractivity contribution in [3.05, 3.63) is 69.2 Å². The highest BCUT2D eigenvalue weighted by Crippen LogP contribution is 2.29. The van der Waals surface area contributed by atoms with Gasteiger partial charge in [-0.1, -0.05) is 77.1 Å². The lowest BCUT2D eigenvalue weighted by Crippen LogP contribution is -2.47. The maximum atomic E-state index is 13.5. The minimum absolute atomic E-state index is 0.133. The molecule has 2 aromatic carbocycles. The Hall–Kier alpha value is -1.56. The predicted molar refractivity (Wildman–Crippen MR) is 125 cm³/mol. The third kappa shape index (κ3) is 5.99. The summed E-state index contributed by atoms with van der Waals surface area (Å²) in [6.07, 6.45) is 5.34. The van der Waals surface area contributed by atoms with Gasteiger partial charge >= 0.3 is 0 Å². The second-order valence-corrected chi connectivity index (χ2v) is 9.14. The van der Waals surface area contributed by atoms with Crippen molar-refractivity contribution in [1.29, 1.82) is 0 Å². The first kappa shape index (κ1) is 23.1. The van der Waals surface area contributed by atoms with Crippen molar-refractivity contribution in [2.75, 3.05) is 5.88 Å². The van der Waals surface area contributed by atoms with E-state index in [9.17, 15) is 9.59 Å². The summed E-state index contributed by atoms with van der Waals surface area (Å²) in [4.78, 5) is 27.9. The monoisotopic (exact) mass is 510 g/mol. The summed E-state index contributed by atoms with van der Waals surface area (Å²) in [7, 11) is 0. The Bertz CT molecular complexity index is 887. The van der Waals surface area contributed by atoms with Crippen LogP contribution in [0.25, 0.3) is 0 Å². The van der Waals surface area contributed by atoms with Crippen LogP contribution in [0.1, 0.15) is 49.3 Å². The van der Waals surface area contributed by atoms with Gasteiger partial charge in [-0.15, -0.1) is 11.6 Å². The Balaban J connectivity index is 1.96. The van der Waals surface area contributed by atoms with Crippen LogP contribution in [0.4, 0.5) is 0 Å². The number of hydrogen-bond acceptors (Lipinski definition) is 2. The Morgan fingerprint density at radius 3 is 2.50 bits per heavy atom. The van der Waals surface area contributed by atoms with E-state index in [1.165, 1.54) is 11.3 Å². The summed E-state index contributed by atoms with van der Waals surface area (Å²) in [5, 5.41) is 3.72. The molecule has 0 aliphatic heterocycles. The van der Waals surface area contributed by atoms with Gasteiger partial charge < -0.3 is 10.2 Å². The van der Waals surface area contributed by atoms with Gasteiger partial charge in [0.1, 0.15) is 11.9 Å². The van der Waals surface area contributed by atoms with Crippen LogP contribution in [0.2, 0.25) is 5.02 Å². The van der Waals surface area contributed by atoms with Gasteiger partial charge in [-0.05, 0) is 42.2 Å². The first-order valence-electron chi connectivity index (χ1n) is 10.1. The third-order valence-corrected chi connectivity index (χ3v) is 6.50. The average Bonchev–Trinajstić information content (AvgIpc) is 2.75. The maximum absolute atomic E-state index is 13.5. The Morgan fingerprint density at radius 1 is 1.10 bits per heavy atom. The number of rotatable bonds is 7.